The van der Waals surface area contributed by atoms with Crippen LogP contribution < -0.4 is 5.32 Å². The normalized spacial score (nSPS) is 23.5. The highest BCUT2D eigenvalue weighted by molar-refractivity contribution is 9.10. The van der Waals surface area contributed by atoms with E-state index in [1.165, 1.54) is 31.1 Å². The summed E-state index contributed by atoms with van der Waals surface area (Å²) >= 11 is 5.39. The van der Waals surface area contributed by atoms with Gasteiger partial charge in [0, 0.05) is 22.3 Å². The van der Waals surface area contributed by atoms with Gasteiger partial charge in [0.15, 0.2) is 0 Å². The molecule has 100 valence electrons. The van der Waals surface area contributed by atoms with Crippen LogP contribution in [0.4, 0.5) is 4.39 Å². The first-order chi connectivity index (χ1) is 8.67. The molecule has 0 aliphatic heterocycles. The molecule has 2 rings (SSSR count). The third-order valence-electron chi connectivity index (χ3n) is 3.30. The Labute approximate surface area is 121 Å². The van der Waals surface area contributed by atoms with Gasteiger partial charge in [-0.05, 0) is 48.8 Å². The minimum Gasteiger partial charge on any atom is -0.310 e. The van der Waals surface area contributed by atoms with Crippen LogP contribution in [0, 0.1) is 5.82 Å². The van der Waals surface area contributed by atoms with Crippen LogP contribution in [0.2, 0.25) is 0 Å². The third-order valence-corrected chi connectivity index (χ3v) is 4.99. The van der Waals surface area contributed by atoms with E-state index in [1.54, 1.807) is 6.07 Å². The fraction of sp³-hybridized carbons (Fsp3) is 0.571. The summed E-state index contributed by atoms with van der Waals surface area (Å²) in [7, 11) is 0. The quantitative estimate of drug-likeness (QED) is 0.860. The Balaban J connectivity index is 1.81. The van der Waals surface area contributed by atoms with Crippen molar-refractivity contribution < 1.29 is 4.39 Å². The van der Waals surface area contributed by atoms with Crippen molar-refractivity contribution in [2.24, 2.45) is 0 Å². The molecule has 1 fully saturated rings. The molecule has 1 aromatic carbocycles. The lowest BCUT2D eigenvalue weighted by Crippen LogP contribution is -2.26. The van der Waals surface area contributed by atoms with Crippen molar-refractivity contribution in [3.05, 3.63) is 34.1 Å². The van der Waals surface area contributed by atoms with Crippen molar-refractivity contribution in [1.29, 1.82) is 0 Å². The number of thioether (sulfide) groups is 1. The second kappa shape index (κ2) is 6.92. The minimum atomic E-state index is -0.174. The van der Waals surface area contributed by atoms with Crippen molar-refractivity contribution >= 4 is 27.7 Å². The molecule has 1 N–H and O–H groups in total. The van der Waals surface area contributed by atoms with Crippen LogP contribution in [0.1, 0.15) is 31.7 Å². The Morgan fingerprint density at radius 2 is 2.22 bits per heavy atom. The second-order valence-corrected chi connectivity index (χ2v) is 7.24. The molecule has 1 aromatic rings. The zero-order valence-corrected chi connectivity index (χ0v) is 13.0. The highest BCUT2D eigenvalue weighted by atomic mass is 79.9. The van der Waals surface area contributed by atoms with Gasteiger partial charge in [-0.15, -0.1) is 0 Å². The minimum absolute atomic E-state index is 0.174. The van der Waals surface area contributed by atoms with Gasteiger partial charge >= 0.3 is 0 Å². The van der Waals surface area contributed by atoms with Crippen LogP contribution in [0.15, 0.2) is 22.7 Å². The summed E-state index contributed by atoms with van der Waals surface area (Å²) in [5.74, 6) is 1.03. The van der Waals surface area contributed by atoms with E-state index in [-0.39, 0.29) is 5.82 Å². The highest BCUT2D eigenvalue weighted by Gasteiger charge is 2.23. The van der Waals surface area contributed by atoms with Gasteiger partial charge in [-0.2, -0.15) is 11.8 Å². The van der Waals surface area contributed by atoms with Gasteiger partial charge in [0.1, 0.15) is 5.82 Å². The lowest BCUT2D eigenvalue weighted by molar-refractivity contribution is 0.523. The van der Waals surface area contributed by atoms with Gasteiger partial charge < -0.3 is 5.32 Å². The Morgan fingerprint density at radius 3 is 2.94 bits per heavy atom. The molecule has 1 saturated carbocycles. The molecule has 0 radical (unpaired) electrons. The largest absolute Gasteiger partial charge is 0.310 e. The number of halogens is 2. The van der Waals surface area contributed by atoms with Gasteiger partial charge in [-0.3, -0.25) is 0 Å². The average molecular weight is 332 g/mol. The molecular weight excluding hydrogens is 313 g/mol. The van der Waals surface area contributed by atoms with Crippen LogP contribution in [0.5, 0.6) is 0 Å². The molecule has 1 nitrogen and oxygen atoms in total. The van der Waals surface area contributed by atoms with E-state index >= 15 is 0 Å². The predicted molar refractivity (Wildman–Crippen MR) is 80.5 cm³/mol. The van der Waals surface area contributed by atoms with E-state index in [4.69, 9.17) is 0 Å². The molecule has 0 spiro atoms. The van der Waals surface area contributed by atoms with E-state index in [0.29, 0.717) is 6.04 Å². The van der Waals surface area contributed by atoms with E-state index in [0.717, 1.165) is 21.8 Å². The lowest BCUT2D eigenvalue weighted by Gasteiger charge is -2.13. The second-order valence-electron chi connectivity index (χ2n) is 4.75. The van der Waals surface area contributed by atoms with Crippen molar-refractivity contribution in [3.8, 4) is 0 Å². The Kier molecular flexibility index (Phi) is 5.52. The first kappa shape index (κ1) is 14.4. The Bertz CT molecular complexity index is 379. The van der Waals surface area contributed by atoms with E-state index in [2.05, 4.69) is 39.9 Å². The van der Waals surface area contributed by atoms with Crippen molar-refractivity contribution in [2.45, 2.75) is 44.0 Å². The Morgan fingerprint density at radius 1 is 1.39 bits per heavy atom. The molecule has 0 bridgehead atoms. The fourth-order valence-electron chi connectivity index (χ4n) is 2.49. The molecule has 1 aliphatic carbocycles. The summed E-state index contributed by atoms with van der Waals surface area (Å²) in [5, 5.41) is 4.35. The standard InChI is InChI=1S/C14H19BrFNS/c1-2-18-14-4-3-13(8-14)17-9-10-5-11(15)7-12(16)6-10/h5-7,13-14,17H,2-4,8-9H2,1H3. The Hall–Kier alpha value is -0.0600. The maximum Gasteiger partial charge on any atom is 0.124 e. The van der Waals surface area contributed by atoms with Crippen molar-refractivity contribution in [3.63, 3.8) is 0 Å². The SMILES string of the molecule is CCSC1CCC(NCc2cc(F)cc(Br)c2)C1. The van der Waals surface area contributed by atoms with Gasteiger partial charge in [-0.25, -0.2) is 4.39 Å². The summed E-state index contributed by atoms with van der Waals surface area (Å²) in [6.07, 6.45) is 3.80. The first-order valence-electron chi connectivity index (χ1n) is 6.47. The summed E-state index contributed by atoms with van der Waals surface area (Å²) in [6, 6.07) is 5.66. The highest BCUT2D eigenvalue weighted by Crippen LogP contribution is 2.29. The van der Waals surface area contributed by atoms with Gasteiger partial charge in [0.25, 0.3) is 0 Å². The van der Waals surface area contributed by atoms with E-state index < -0.39 is 0 Å². The van der Waals surface area contributed by atoms with Crippen LogP contribution >= 0.6 is 27.7 Å². The molecular formula is C14H19BrFNS. The predicted octanol–water partition coefficient (Wildman–Crippen LogP) is 4.35. The summed E-state index contributed by atoms with van der Waals surface area (Å²) in [6.45, 7) is 2.97. The maximum atomic E-state index is 13.2. The molecule has 2 atom stereocenters. The van der Waals surface area contributed by atoms with E-state index in [9.17, 15) is 4.39 Å². The molecule has 1 aliphatic rings. The fourth-order valence-corrected chi connectivity index (χ4v) is 4.14. The number of rotatable bonds is 5. The molecule has 0 amide bonds. The van der Waals surface area contributed by atoms with Crippen LogP contribution in [0.25, 0.3) is 0 Å². The summed E-state index contributed by atoms with van der Waals surface area (Å²) in [4.78, 5) is 0. The van der Waals surface area contributed by atoms with E-state index in [1.807, 2.05) is 6.07 Å². The zero-order chi connectivity index (χ0) is 13.0. The molecule has 0 heterocycles. The first-order valence-corrected chi connectivity index (χ1v) is 8.31. The summed E-state index contributed by atoms with van der Waals surface area (Å²) < 4.78 is 14.0. The lowest BCUT2D eigenvalue weighted by atomic mass is 10.2. The number of benzene rings is 1. The maximum absolute atomic E-state index is 13.2. The smallest absolute Gasteiger partial charge is 0.124 e. The molecule has 0 aromatic heterocycles. The van der Waals surface area contributed by atoms with Crippen molar-refractivity contribution in [2.75, 3.05) is 5.75 Å². The molecule has 0 saturated heterocycles. The monoisotopic (exact) mass is 331 g/mol. The average Bonchev–Trinajstić information content (AvgIpc) is 2.74. The molecule has 2 unspecified atom stereocenters. The molecule has 18 heavy (non-hydrogen) atoms. The number of hydrogen-bond donors (Lipinski definition) is 1. The third kappa shape index (κ3) is 4.25. The van der Waals surface area contributed by atoms with Gasteiger partial charge in [0.2, 0.25) is 0 Å². The van der Waals surface area contributed by atoms with Crippen LogP contribution in [-0.4, -0.2) is 17.0 Å². The van der Waals surface area contributed by atoms with Gasteiger partial charge in [-0.1, -0.05) is 22.9 Å². The summed E-state index contributed by atoms with van der Waals surface area (Å²) in [5.41, 5.74) is 1.01. The molecule has 4 heteroatoms. The van der Waals surface area contributed by atoms with Crippen LogP contribution in [0.3, 0.4) is 0 Å². The number of hydrogen-bond acceptors (Lipinski definition) is 2. The van der Waals surface area contributed by atoms with Crippen molar-refractivity contribution in [1.82, 2.24) is 5.32 Å². The number of nitrogens with one attached hydrogen (secondary N) is 1. The van der Waals surface area contributed by atoms with Crippen LogP contribution in [-0.2, 0) is 6.54 Å². The zero-order valence-electron chi connectivity index (χ0n) is 10.6. The topological polar surface area (TPSA) is 12.0 Å². The van der Waals surface area contributed by atoms with Gasteiger partial charge in [0.05, 0.1) is 0 Å².